The summed E-state index contributed by atoms with van der Waals surface area (Å²) in [7, 11) is 2.10. The van der Waals surface area contributed by atoms with E-state index in [1.54, 1.807) is 0 Å². The van der Waals surface area contributed by atoms with Crippen molar-refractivity contribution >= 4 is 11.8 Å². The lowest BCUT2D eigenvalue weighted by atomic mass is 10.0. The fourth-order valence-corrected chi connectivity index (χ4v) is 3.01. The van der Waals surface area contributed by atoms with E-state index in [4.69, 9.17) is 0 Å². The molecule has 0 bridgehead atoms. The second-order valence-electron chi connectivity index (χ2n) is 5.88. The Labute approximate surface area is 115 Å². The van der Waals surface area contributed by atoms with Gasteiger partial charge in [-0.3, -0.25) is 14.5 Å². The second kappa shape index (κ2) is 6.01. The second-order valence-corrected chi connectivity index (χ2v) is 5.88. The first kappa shape index (κ1) is 14.5. The van der Waals surface area contributed by atoms with Gasteiger partial charge in [-0.05, 0) is 39.8 Å². The van der Waals surface area contributed by atoms with E-state index in [1.165, 1.54) is 4.90 Å². The van der Waals surface area contributed by atoms with Crippen molar-refractivity contribution in [2.75, 3.05) is 20.1 Å². The van der Waals surface area contributed by atoms with E-state index >= 15 is 0 Å². The number of rotatable bonds is 4. The van der Waals surface area contributed by atoms with Gasteiger partial charge in [-0.25, -0.2) is 0 Å². The number of nitrogens with one attached hydrogen (secondary N) is 1. The molecule has 1 N–H and O–H groups in total. The lowest BCUT2D eigenvalue weighted by Gasteiger charge is -2.32. The molecule has 0 aliphatic carbocycles. The van der Waals surface area contributed by atoms with Crippen LogP contribution in [-0.2, 0) is 9.59 Å². The zero-order valence-electron chi connectivity index (χ0n) is 12.2. The lowest BCUT2D eigenvalue weighted by molar-refractivity contribution is -0.141. The highest BCUT2D eigenvalue weighted by Gasteiger charge is 2.41. The van der Waals surface area contributed by atoms with E-state index in [1.807, 2.05) is 13.8 Å². The Kier molecular flexibility index (Phi) is 4.58. The third-order valence-corrected chi connectivity index (χ3v) is 4.28. The fourth-order valence-electron chi connectivity index (χ4n) is 3.01. The van der Waals surface area contributed by atoms with Crippen LogP contribution in [0.1, 0.15) is 39.5 Å². The van der Waals surface area contributed by atoms with Gasteiger partial charge in [0.25, 0.3) is 0 Å². The van der Waals surface area contributed by atoms with Gasteiger partial charge in [-0.15, -0.1) is 0 Å². The number of carbonyl (C=O) groups is 2. The van der Waals surface area contributed by atoms with Crippen molar-refractivity contribution in [3.63, 3.8) is 0 Å². The number of nitrogens with zero attached hydrogens (tertiary/aromatic N) is 2. The van der Waals surface area contributed by atoms with Crippen LogP contribution in [0.2, 0.25) is 0 Å². The number of imide groups is 1. The number of amides is 2. The van der Waals surface area contributed by atoms with Crippen LogP contribution in [0.15, 0.2) is 0 Å². The minimum Gasteiger partial charge on any atom is -0.305 e. The summed E-state index contributed by atoms with van der Waals surface area (Å²) in [6.45, 7) is 6.02. The van der Waals surface area contributed by atoms with Crippen LogP contribution in [0.4, 0.5) is 0 Å². The highest BCUT2D eigenvalue weighted by molar-refractivity contribution is 6.05. The van der Waals surface area contributed by atoms with Crippen LogP contribution < -0.4 is 5.32 Å². The first-order chi connectivity index (χ1) is 9.02. The molecule has 2 heterocycles. The minimum atomic E-state index is -0.307. The number of likely N-dealkylation sites (tertiary alicyclic amines) is 2. The Morgan fingerprint density at radius 1 is 1.42 bits per heavy atom. The maximum absolute atomic E-state index is 12.3. The molecule has 3 atom stereocenters. The Morgan fingerprint density at radius 3 is 2.79 bits per heavy atom. The van der Waals surface area contributed by atoms with Crippen LogP contribution >= 0.6 is 0 Å². The Balaban J connectivity index is 1.95. The molecule has 5 nitrogen and oxygen atoms in total. The van der Waals surface area contributed by atoms with Crippen molar-refractivity contribution in [3.05, 3.63) is 0 Å². The van der Waals surface area contributed by atoms with Crippen LogP contribution in [0.5, 0.6) is 0 Å². The van der Waals surface area contributed by atoms with Crippen molar-refractivity contribution in [2.45, 2.75) is 57.7 Å². The number of hydrogen-bond donors (Lipinski definition) is 1. The van der Waals surface area contributed by atoms with Gasteiger partial charge >= 0.3 is 0 Å². The third-order valence-electron chi connectivity index (χ3n) is 4.28. The quantitative estimate of drug-likeness (QED) is 0.758. The first-order valence-electron chi connectivity index (χ1n) is 7.33. The number of carbonyl (C=O) groups excluding carboxylic acids is 2. The van der Waals surface area contributed by atoms with Gasteiger partial charge in [-0.1, -0.05) is 6.92 Å². The van der Waals surface area contributed by atoms with E-state index in [0.29, 0.717) is 12.5 Å². The zero-order chi connectivity index (χ0) is 14.0. The topological polar surface area (TPSA) is 52.7 Å². The maximum atomic E-state index is 12.3. The molecule has 0 radical (unpaired) electrons. The molecule has 2 rings (SSSR count). The third kappa shape index (κ3) is 3.15. The summed E-state index contributed by atoms with van der Waals surface area (Å²) in [4.78, 5) is 28.0. The molecule has 19 heavy (non-hydrogen) atoms. The van der Waals surface area contributed by atoms with E-state index in [2.05, 4.69) is 17.3 Å². The largest absolute Gasteiger partial charge is 0.305 e. The van der Waals surface area contributed by atoms with Gasteiger partial charge in [0.05, 0.1) is 12.5 Å². The monoisotopic (exact) mass is 267 g/mol. The summed E-state index contributed by atoms with van der Waals surface area (Å²) >= 11 is 0. The molecular formula is C14H25N3O2. The molecular weight excluding hydrogens is 242 g/mol. The van der Waals surface area contributed by atoms with E-state index in [0.717, 1.165) is 32.4 Å². The van der Waals surface area contributed by atoms with Gasteiger partial charge in [-0.2, -0.15) is 0 Å². The Hall–Kier alpha value is -0.940. The predicted octanol–water partition coefficient (Wildman–Crippen LogP) is 0.596. The van der Waals surface area contributed by atoms with Crippen molar-refractivity contribution in [1.29, 1.82) is 0 Å². The van der Waals surface area contributed by atoms with Gasteiger partial charge in [0.15, 0.2) is 0 Å². The minimum absolute atomic E-state index is 0.0147. The van der Waals surface area contributed by atoms with Crippen LogP contribution in [0.25, 0.3) is 0 Å². The smallest absolute Gasteiger partial charge is 0.247 e. The molecule has 108 valence electrons. The molecule has 0 saturated carbocycles. The highest BCUT2D eigenvalue weighted by Crippen LogP contribution is 2.19. The molecule has 5 heteroatoms. The normalized spacial score (nSPS) is 31.0. The molecule has 0 aromatic rings. The SMILES string of the molecule is CCC(C)N1C(=O)CC(NC2CCCN(C)C2)C1=O. The molecule has 2 aliphatic heterocycles. The summed E-state index contributed by atoms with van der Waals surface area (Å²) in [6.07, 6.45) is 3.38. The van der Waals surface area contributed by atoms with E-state index < -0.39 is 0 Å². The number of hydrogen-bond acceptors (Lipinski definition) is 4. The van der Waals surface area contributed by atoms with Crippen molar-refractivity contribution in [2.24, 2.45) is 0 Å². The van der Waals surface area contributed by atoms with E-state index in [9.17, 15) is 9.59 Å². The summed E-state index contributed by atoms with van der Waals surface area (Å²) < 4.78 is 0. The van der Waals surface area contributed by atoms with Crippen LogP contribution in [-0.4, -0.2) is 59.9 Å². The summed E-state index contributed by atoms with van der Waals surface area (Å²) in [5.41, 5.74) is 0. The van der Waals surface area contributed by atoms with Gasteiger partial charge in [0.2, 0.25) is 11.8 Å². The number of piperidine rings is 1. The predicted molar refractivity (Wildman–Crippen MR) is 73.7 cm³/mol. The van der Waals surface area contributed by atoms with Crippen LogP contribution in [0.3, 0.4) is 0 Å². The van der Waals surface area contributed by atoms with E-state index in [-0.39, 0.29) is 23.9 Å². The maximum Gasteiger partial charge on any atom is 0.247 e. The molecule has 0 aromatic carbocycles. The molecule has 2 amide bonds. The fraction of sp³-hybridized carbons (Fsp3) is 0.857. The highest BCUT2D eigenvalue weighted by atomic mass is 16.2. The van der Waals surface area contributed by atoms with Gasteiger partial charge < -0.3 is 10.2 Å². The summed E-state index contributed by atoms with van der Waals surface area (Å²) in [5, 5.41) is 3.38. The average molecular weight is 267 g/mol. The van der Waals surface area contributed by atoms with Crippen molar-refractivity contribution < 1.29 is 9.59 Å². The summed E-state index contributed by atoms with van der Waals surface area (Å²) in [6, 6.07) is 0.0382. The summed E-state index contributed by atoms with van der Waals surface area (Å²) in [5.74, 6) is -0.0615. The van der Waals surface area contributed by atoms with Crippen molar-refractivity contribution in [1.82, 2.24) is 15.1 Å². The number of likely N-dealkylation sites (N-methyl/N-ethyl adjacent to an activating group) is 1. The zero-order valence-corrected chi connectivity index (χ0v) is 12.2. The molecule has 0 aromatic heterocycles. The first-order valence-corrected chi connectivity index (χ1v) is 7.33. The standard InChI is InChI=1S/C14H25N3O2/c1-4-10(2)17-13(18)8-12(14(17)19)15-11-6-5-7-16(3)9-11/h10-12,15H,4-9H2,1-3H3. The van der Waals surface area contributed by atoms with Gasteiger partial charge in [0, 0.05) is 18.6 Å². The molecule has 2 aliphatic rings. The molecule has 3 unspecified atom stereocenters. The molecule has 0 spiro atoms. The Bertz CT molecular complexity index is 359. The van der Waals surface area contributed by atoms with Crippen LogP contribution in [0, 0.1) is 0 Å². The Morgan fingerprint density at radius 2 is 2.16 bits per heavy atom. The lowest BCUT2D eigenvalue weighted by Crippen LogP contribution is -2.51. The molecule has 2 fully saturated rings. The van der Waals surface area contributed by atoms with Crippen molar-refractivity contribution in [3.8, 4) is 0 Å². The average Bonchev–Trinajstić information content (AvgIpc) is 2.64. The van der Waals surface area contributed by atoms with Gasteiger partial charge in [0.1, 0.15) is 0 Å². The molecule has 2 saturated heterocycles.